The Kier molecular flexibility index (Phi) is 3.70. The lowest BCUT2D eigenvalue weighted by Crippen LogP contribution is -2.05. The molecule has 0 bridgehead atoms. The summed E-state index contributed by atoms with van der Waals surface area (Å²) in [6, 6.07) is 7.15. The average molecular weight is 178 g/mol. The molecule has 3 nitrogen and oxygen atoms in total. The van der Waals surface area contributed by atoms with E-state index in [0.29, 0.717) is 0 Å². The quantitative estimate of drug-likeness (QED) is 0.579. The molecule has 0 fully saturated rings. The third-order valence-corrected chi connectivity index (χ3v) is 1.62. The number of aliphatic hydroxyl groups is 1. The Bertz CT molecular complexity index is 279. The fourth-order valence-electron chi connectivity index (χ4n) is 0.931. The molecule has 4 heteroatoms. The van der Waals surface area contributed by atoms with Gasteiger partial charge in [0.25, 0.3) is 0 Å². The van der Waals surface area contributed by atoms with Crippen LogP contribution in [0.25, 0.3) is 6.08 Å². The van der Waals surface area contributed by atoms with Gasteiger partial charge in [-0.2, -0.15) is 0 Å². The van der Waals surface area contributed by atoms with Crippen molar-refractivity contribution >= 4 is 13.2 Å². The lowest BCUT2D eigenvalue weighted by molar-refractivity contribution is 0.282. The maximum Gasteiger partial charge on any atom is 0.480 e. The van der Waals surface area contributed by atoms with Gasteiger partial charge in [-0.05, 0) is 11.1 Å². The normalized spacial score (nSPS) is 10.7. The minimum atomic E-state index is -1.42. The Balaban J connectivity index is 2.69. The summed E-state index contributed by atoms with van der Waals surface area (Å²) in [4.78, 5) is 0. The Hall–Kier alpha value is -1.10. The van der Waals surface area contributed by atoms with Crippen LogP contribution in [0.3, 0.4) is 0 Å². The highest BCUT2D eigenvalue weighted by Crippen LogP contribution is 2.05. The summed E-state index contributed by atoms with van der Waals surface area (Å²) in [5, 5.41) is 25.8. The standard InChI is InChI=1S/C9H11BO3/c11-7-9-3-1-8(2-4-9)5-6-10(12)13/h1-6,11-13H,7H2. The summed E-state index contributed by atoms with van der Waals surface area (Å²) in [5.74, 6) is 1.27. The van der Waals surface area contributed by atoms with E-state index in [1.165, 1.54) is 5.98 Å². The van der Waals surface area contributed by atoms with E-state index in [1.54, 1.807) is 30.3 Å². The molecule has 0 saturated heterocycles. The van der Waals surface area contributed by atoms with Crippen LogP contribution in [0, 0.1) is 0 Å². The third kappa shape index (κ3) is 3.42. The molecule has 0 aliphatic heterocycles. The Morgan fingerprint density at radius 1 is 1.15 bits per heavy atom. The molecule has 0 spiro atoms. The number of hydrogen-bond acceptors (Lipinski definition) is 3. The summed E-state index contributed by atoms with van der Waals surface area (Å²) < 4.78 is 0. The van der Waals surface area contributed by atoms with Gasteiger partial charge in [0, 0.05) is 0 Å². The minimum Gasteiger partial charge on any atom is -0.424 e. The maximum absolute atomic E-state index is 8.75. The lowest BCUT2D eigenvalue weighted by atomic mass is 9.91. The third-order valence-electron chi connectivity index (χ3n) is 1.62. The minimum absolute atomic E-state index is 0.0205. The van der Waals surface area contributed by atoms with Gasteiger partial charge in [0.05, 0.1) is 6.61 Å². The fourth-order valence-corrected chi connectivity index (χ4v) is 0.931. The van der Waals surface area contributed by atoms with Gasteiger partial charge < -0.3 is 15.2 Å². The number of aliphatic hydroxyl groups excluding tert-OH is 1. The topological polar surface area (TPSA) is 60.7 Å². The summed E-state index contributed by atoms with van der Waals surface area (Å²) in [7, 11) is -1.42. The molecule has 0 amide bonds. The van der Waals surface area contributed by atoms with E-state index < -0.39 is 7.12 Å². The zero-order valence-corrected chi connectivity index (χ0v) is 7.09. The van der Waals surface area contributed by atoms with E-state index in [9.17, 15) is 0 Å². The Labute approximate surface area is 77.1 Å². The van der Waals surface area contributed by atoms with Crippen molar-refractivity contribution < 1.29 is 15.2 Å². The number of benzene rings is 1. The van der Waals surface area contributed by atoms with E-state index in [1.807, 2.05) is 0 Å². The summed E-state index contributed by atoms with van der Waals surface area (Å²) in [6.07, 6.45) is 1.60. The fraction of sp³-hybridized carbons (Fsp3) is 0.111. The van der Waals surface area contributed by atoms with Gasteiger partial charge in [-0.1, -0.05) is 36.3 Å². The van der Waals surface area contributed by atoms with Crippen molar-refractivity contribution in [3.63, 3.8) is 0 Å². The molecule has 1 rings (SSSR count). The molecule has 1 aromatic rings. The monoisotopic (exact) mass is 178 g/mol. The highest BCUT2D eigenvalue weighted by atomic mass is 16.4. The van der Waals surface area contributed by atoms with Gasteiger partial charge >= 0.3 is 7.12 Å². The summed E-state index contributed by atoms with van der Waals surface area (Å²) in [6.45, 7) is 0.0205. The van der Waals surface area contributed by atoms with Crippen molar-refractivity contribution in [3.05, 3.63) is 41.4 Å². The highest BCUT2D eigenvalue weighted by molar-refractivity contribution is 6.48. The van der Waals surface area contributed by atoms with E-state index in [-0.39, 0.29) is 6.61 Å². The van der Waals surface area contributed by atoms with Crippen LogP contribution in [0.5, 0.6) is 0 Å². The molecule has 0 unspecified atom stereocenters. The van der Waals surface area contributed by atoms with Crippen LogP contribution >= 0.6 is 0 Å². The average Bonchev–Trinajstić information content (AvgIpc) is 2.15. The molecule has 0 heterocycles. The zero-order valence-electron chi connectivity index (χ0n) is 7.09. The second kappa shape index (κ2) is 4.82. The molecule has 0 radical (unpaired) electrons. The first-order valence-electron chi connectivity index (χ1n) is 3.96. The summed E-state index contributed by atoms with van der Waals surface area (Å²) in [5.41, 5.74) is 1.70. The van der Waals surface area contributed by atoms with Crippen LogP contribution in [0.15, 0.2) is 30.2 Å². The largest absolute Gasteiger partial charge is 0.480 e. The predicted octanol–water partition coefficient (Wildman–Crippen LogP) is 0.204. The molecule has 13 heavy (non-hydrogen) atoms. The predicted molar refractivity (Wildman–Crippen MR) is 51.6 cm³/mol. The van der Waals surface area contributed by atoms with Crippen molar-refractivity contribution in [1.82, 2.24) is 0 Å². The second-order valence-electron chi connectivity index (χ2n) is 2.67. The Morgan fingerprint density at radius 2 is 1.77 bits per heavy atom. The van der Waals surface area contributed by atoms with E-state index >= 15 is 0 Å². The molecule has 0 aromatic heterocycles. The smallest absolute Gasteiger partial charge is 0.424 e. The van der Waals surface area contributed by atoms with E-state index in [0.717, 1.165) is 11.1 Å². The first-order valence-corrected chi connectivity index (χ1v) is 3.96. The first-order chi connectivity index (χ1) is 6.22. The maximum atomic E-state index is 8.75. The van der Waals surface area contributed by atoms with Crippen molar-refractivity contribution in [1.29, 1.82) is 0 Å². The molecule has 0 aliphatic rings. The highest BCUT2D eigenvalue weighted by Gasteiger charge is 1.97. The summed E-state index contributed by atoms with van der Waals surface area (Å²) >= 11 is 0. The van der Waals surface area contributed by atoms with Gasteiger partial charge in [-0.3, -0.25) is 0 Å². The van der Waals surface area contributed by atoms with Gasteiger partial charge in [-0.25, -0.2) is 0 Å². The lowest BCUT2D eigenvalue weighted by Gasteiger charge is -1.96. The molecule has 0 saturated carbocycles. The zero-order chi connectivity index (χ0) is 9.68. The van der Waals surface area contributed by atoms with Crippen molar-refractivity contribution in [3.8, 4) is 0 Å². The van der Waals surface area contributed by atoms with E-state index in [2.05, 4.69) is 0 Å². The van der Waals surface area contributed by atoms with Crippen LogP contribution in [0.4, 0.5) is 0 Å². The SMILES string of the molecule is OCc1ccc(C=CB(O)O)cc1. The van der Waals surface area contributed by atoms with Gasteiger partial charge in [0.1, 0.15) is 0 Å². The molecule has 0 aliphatic carbocycles. The van der Waals surface area contributed by atoms with Gasteiger partial charge in [-0.15, -0.1) is 0 Å². The van der Waals surface area contributed by atoms with Crippen LogP contribution in [-0.2, 0) is 6.61 Å². The Morgan fingerprint density at radius 3 is 2.23 bits per heavy atom. The second-order valence-corrected chi connectivity index (χ2v) is 2.67. The van der Waals surface area contributed by atoms with Crippen molar-refractivity contribution in [2.24, 2.45) is 0 Å². The first kappa shape index (κ1) is 9.99. The number of hydrogen-bond donors (Lipinski definition) is 3. The molecule has 1 aromatic carbocycles. The molecular weight excluding hydrogens is 167 g/mol. The molecular formula is C9H11BO3. The number of rotatable bonds is 3. The van der Waals surface area contributed by atoms with Gasteiger partial charge in [0.15, 0.2) is 0 Å². The van der Waals surface area contributed by atoms with Crippen LogP contribution < -0.4 is 0 Å². The van der Waals surface area contributed by atoms with Crippen molar-refractivity contribution in [2.75, 3.05) is 0 Å². The molecule has 68 valence electrons. The van der Waals surface area contributed by atoms with Crippen LogP contribution in [-0.4, -0.2) is 22.3 Å². The van der Waals surface area contributed by atoms with Crippen LogP contribution in [0.2, 0.25) is 0 Å². The molecule has 3 N–H and O–H groups in total. The molecule has 0 atom stereocenters. The van der Waals surface area contributed by atoms with Crippen molar-refractivity contribution in [2.45, 2.75) is 6.61 Å². The van der Waals surface area contributed by atoms with Crippen LogP contribution in [0.1, 0.15) is 11.1 Å². The van der Waals surface area contributed by atoms with E-state index in [4.69, 9.17) is 15.2 Å². The van der Waals surface area contributed by atoms with Gasteiger partial charge in [0.2, 0.25) is 0 Å².